The number of sulfonamides is 1. The number of H-pyrrole nitrogens is 2. The van der Waals surface area contributed by atoms with Crippen molar-refractivity contribution in [1.82, 2.24) is 19.6 Å². The lowest BCUT2D eigenvalue weighted by Gasteiger charge is -2.25. The SMILES string of the molecule is O=C(NCc1ccc(S(=O)(=O)N2CCCCC2)cc1)c1cc(F)cc2[nH]c(=S)[nH]c12. The zero-order valence-electron chi connectivity index (χ0n) is 16.1. The number of nitrogens with one attached hydrogen (secondary N) is 3. The van der Waals surface area contributed by atoms with Gasteiger partial charge in [-0.25, -0.2) is 12.8 Å². The van der Waals surface area contributed by atoms with E-state index >= 15 is 0 Å². The van der Waals surface area contributed by atoms with Crippen molar-refractivity contribution in [2.75, 3.05) is 13.1 Å². The van der Waals surface area contributed by atoms with Crippen LogP contribution in [0, 0.1) is 10.6 Å². The molecule has 0 spiro atoms. The van der Waals surface area contributed by atoms with Crippen molar-refractivity contribution < 1.29 is 17.6 Å². The number of carbonyl (C=O) groups is 1. The Morgan fingerprint density at radius 1 is 1.10 bits per heavy atom. The Labute approximate surface area is 178 Å². The molecule has 1 aliphatic rings. The number of rotatable bonds is 5. The molecule has 158 valence electrons. The Balaban J connectivity index is 1.47. The Kier molecular flexibility index (Phi) is 5.72. The Morgan fingerprint density at radius 3 is 2.50 bits per heavy atom. The van der Waals surface area contributed by atoms with Crippen LogP contribution in [0.25, 0.3) is 11.0 Å². The number of aromatic amines is 2. The summed E-state index contributed by atoms with van der Waals surface area (Å²) in [6, 6.07) is 8.85. The average Bonchev–Trinajstić information content (AvgIpc) is 3.12. The minimum atomic E-state index is -3.49. The highest BCUT2D eigenvalue weighted by atomic mass is 32.2. The standard InChI is InChI=1S/C20H21FN4O3S2/c21-14-10-16(18-17(11-14)23-20(29)24-18)19(26)22-12-13-4-6-15(7-5-13)30(27,28)25-8-2-1-3-9-25/h4-7,10-11H,1-3,8-9,12H2,(H,22,26)(H2,23,24,29). The van der Waals surface area contributed by atoms with Gasteiger partial charge in [-0.05, 0) is 54.9 Å². The van der Waals surface area contributed by atoms with Crippen LogP contribution < -0.4 is 5.32 Å². The molecule has 7 nitrogen and oxygen atoms in total. The van der Waals surface area contributed by atoms with Gasteiger partial charge in [-0.1, -0.05) is 18.6 Å². The van der Waals surface area contributed by atoms with Crippen LogP contribution in [-0.4, -0.2) is 41.7 Å². The summed E-state index contributed by atoms with van der Waals surface area (Å²) < 4.78 is 41.1. The van der Waals surface area contributed by atoms with Gasteiger partial charge in [-0.2, -0.15) is 4.31 Å². The first-order valence-corrected chi connectivity index (χ1v) is 11.5. The maximum Gasteiger partial charge on any atom is 0.253 e. The van der Waals surface area contributed by atoms with Gasteiger partial charge < -0.3 is 15.3 Å². The van der Waals surface area contributed by atoms with E-state index in [-0.39, 0.29) is 17.0 Å². The fourth-order valence-electron chi connectivity index (χ4n) is 3.60. The van der Waals surface area contributed by atoms with Crippen LogP contribution >= 0.6 is 12.2 Å². The molecule has 0 atom stereocenters. The Bertz CT molecular complexity index is 1240. The smallest absolute Gasteiger partial charge is 0.253 e. The van der Waals surface area contributed by atoms with E-state index in [4.69, 9.17) is 12.2 Å². The second-order valence-electron chi connectivity index (χ2n) is 7.25. The average molecular weight is 449 g/mol. The number of piperidine rings is 1. The van der Waals surface area contributed by atoms with E-state index < -0.39 is 21.7 Å². The van der Waals surface area contributed by atoms with Gasteiger partial charge >= 0.3 is 0 Å². The number of amides is 1. The van der Waals surface area contributed by atoms with Crippen LogP contribution in [0.4, 0.5) is 4.39 Å². The van der Waals surface area contributed by atoms with E-state index in [1.165, 1.54) is 10.4 Å². The zero-order chi connectivity index (χ0) is 21.3. The number of carbonyl (C=O) groups excluding carboxylic acids is 1. The van der Waals surface area contributed by atoms with Crippen LogP contribution in [0.2, 0.25) is 0 Å². The van der Waals surface area contributed by atoms with Gasteiger partial charge in [0.05, 0.1) is 21.5 Å². The van der Waals surface area contributed by atoms with Crippen molar-refractivity contribution >= 4 is 39.2 Å². The summed E-state index contributed by atoms with van der Waals surface area (Å²) in [6.07, 6.45) is 2.81. The molecule has 3 N–H and O–H groups in total. The second kappa shape index (κ2) is 8.29. The van der Waals surface area contributed by atoms with Gasteiger partial charge in [0, 0.05) is 19.6 Å². The maximum atomic E-state index is 13.8. The first-order valence-electron chi connectivity index (χ1n) is 9.63. The fraction of sp³-hybridized carbons (Fsp3) is 0.300. The summed E-state index contributed by atoms with van der Waals surface area (Å²) in [6.45, 7) is 1.26. The number of hydrogen-bond donors (Lipinski definition) is 3. The third-order valence-electron chi connectivity index (χ3n) is 5.16. The topological polar surface area (TPSA) is 98.1 Å². The fourth-order valence-corrected chi connectivity index (χ4v) is 5.33. The zero-order valence-corrected chi connectivity index (χ0v) is 17.7. The van der Waals surface area contributed by atoms with Crippen LogP contribution in [0.15, 0.2) is 41.3 Å². The molecule has 0 unspecified atom stereocenters. The molecule has 1 aliphatic heterocycles. The van der Waals surface area contributed by atoms with Crippen LogP contribution in [-0.2, 0) is 16.6 Å². The highest BCUT2D eigenvalue weighted by Crippen LogP contribution is 2.21. The molecular formula is C20H21FN4O3S2. The highest BCUT2D eigenvalue weighted by molar-refractivity contribution is 7.89. The number of fused-ring (bicyclic) bond motifs is 1. The molecule has 4 rings (SSSR count). The van der Waals surface area contributed by atoms with Crippen molar-refractivity contribution in [3.63, 3.8) is 0 Å². The molecule has 1 amide bonds. The quantitative estimate of drug-likeness (QED) is 0.521. The molecule has 0 aliphatic carbocycles. The van der Waals surface area contributed by atoms with Crippen LogP contribution in [0.3, 0.4) is 0 Å². The largest absolute Gasteiger partial charge is 0.348 e. The summed E-state index contributed by atoms with van der Waals surface area (Å²) in [5.74, 6) is -1.01. The minimum absolute atomic E-state index is 0.140. The summed E-state index contributed by atoms with van der Waals surface area (Å²) in [5, 5.41) is 2.73. The van der Waals surface area contributed by atoms with E-state index in [9.17, 15) is 17.6 Å². The van der Waals surface area contributed by atoms with Gasteiger partial charge in [0.15, 0.2) is 4.77 Å². The predicted octanol–water partition coefficient (Wildman–Crippen LogP) is 3.47. The lowest BCUT2D eigenvalue weighted by molar-refractivity contribution is 0.0952. The molecule has 1 fully saturated rings. The second-order valence-corrected chi connectivity index (χ2v) is 9.59. The van der Waals surface area contributed by atoms with Crippen LogP contribution in [0.1, 0.15) is 35.2 Å². The van der Waals surface area contributed by atoms with E-state index in [1.54, 1.807) is 24.3 Å². The minimum Gasteiger partial charge on any atom is -0.348 e. The number of nitrogens with zero attached hydrogens (tertiary/aromatic N) is 1. The van der Waals surface area contributed by atoms with E-state index in [0.717, 1.165) is 30.9 Å². The molecule has 1 saturated heterocycles. The van der Waals surface area contributed by atoms with E-state index in [2.05, 4.69) is 15.3 Å². The number of hydrogen-bond acceptors (Lipinski definition) is 4. The van der Waals surface area contributed by atoms with E-state index in [1.807, 2.05) is 0 Å². The highest BCUT2D eigenvalue weighted by Gasteiger charge is 2.25. The third kappa shape index (κ3) is 4.16. The van der Waals surface area contributed by atoms with Crippen LogP contribution in [0.5, 0.6) is 0 Å². The molecule has 2 aromatic carbocycles. The number of aromatic nitrogens is 2. The molecule has 30 heavy (non-hydrogen) atoms. The molecule has 2 heterocycles. The van der Waals surface area contributed by atoms with Gasteiger partial charge in [0.1, 0.15) is 5.82 Å². The lowest BCUT2D eigenvalue weighted by atomic mass is 10.1. The van der Waals surface area contributed by atoms with E-state index in [0.29, 0.717) is 28.9 Å². The summed E-state index contributed by atoms with van der Waals surface area (Å²) in [4.78, 5) is 18.5. The molecule has 3 aromatic rings. The normalized spacial score (nSPS) is 15.4. The maximum absolute atomic E-state index is 13.8. The van der Waals surface area contributed by atoms with Gasteiger partial charge in [0.25, 0.3) is 5.91 Å². The van der Waals surface area contributed by atoms with Crippen molar-refractivity contribution in [3.05, 3.63) is 58.1 Å². The van der Waals surface area contributed by atoms with Gasteiger partial charge in [0.2, 0.25) is 10.0 Å². The molecule has 0 saturated carbocycles. The Hall–Kier alpha value is -2.56. The number of halogens is 1. The van der Waals surface area contributed by atoms with Gasteiger partial charge in [-0.3, -0.25) is 4.79 Å². The van der Waals surface area contributed by atoms with Crippen molar-refractivity contribution in [3.8, 4) is 0 Å². The molecular weight excluding hydrogens is 427 g/mol. The molecule has 10 heteroatoms. The van der Waals surface area contributed by atoms with Gasteiger partial charge in [-0.15, -0.1) is 0 Å². The van der Waals surface area contributed by atoms with Crippen molar-refractivity contribution in [1.29, 1.82) is 0 Å². The number of benzene rings is 2. The predicted molar refractivity (Wildman–Crippen MR) is 114 cm³/mol. The number of imidazole rings is 1. The Morgan fingerprint density at radius 2 is 1.80 bits per heavy atom. The lowest BCUT2D eigenvalue weighted by Crippen LogP contribution is -2.35. The summed E-state index contributed by atoms with van der Waals surface area (Å²) in [7, 11) is -3.49. The summed E-state index contributed by atoms with van der Waals surface area (Å²) in [5.41, 5.74) is 1.72. The third-order valence-corrected chi connectivity index (χ3v) is 7.28. The first kappa shape index (κ1) is 20.7. The molecule has 0 radical (unpaired) electrons. The monoisotopic (exact) mass is 448 g/mol. The molecule has 0 bridgehead atoms. The summed E-state index contributed by atoms with van der Waals surface area (Å²) >= 11 is 5.02. The van der Waals surface area contributed by atoms with Crippen molar-refractivity contribution in [2.45, 2.75) is 30.7 Å². The molecule has 1 aromatic heterocycles. The van der Waals surface area contributed by atoms with Crippen molar-refractivity contribution in [2.24, 2.45) is 0 Å². The first-order chi connectivity index (χ1) is 14.3.